The summed E-state index contributed by atoms with van der Waals surface area (Å²) < 4.78 is 9.54. The molecule has 4 heteroatoms. The number of hydrogen-bond acceptors (Lipinski definition) is 4. The summed E-state index contributed by atoms with van der Waals surface area (Å²) in [6.45, 7) is 1.24. The van der Waals surface area contributed by atoms with Crippen LogP contribution in [0.25, 0.3) is 0 Å². The summed E-state index contributed by atoms with van der Waals surface area (Å²) in [5.41, 5.74) is 0. The van der Waals surface area contributed by atoms with Crippen molar-refractivity contribution in [2.24, 2.45) is 0 Å². The molecule has 4 nitrogen and oxygen atoms in total. The molecule has 1 aromatic rings. The highest BCUT2D eigenvalue weighted by Gasteiger charge is 2.15. The maximum absolute atomic E-state index is 10.5. The Kier molecular flexibility index (Phi) is 2.49. The first-order chi connectivity index (χ1) is 5.74. The third kappa shape index (κ3) is 1.86. The van der Waals surface area contributed by atoms with Crippen molar-refractivity contribution in [1.29, 1.82) is 5.26 Å². The molecule has 0 aliphatic rings. The lowest BCUT2D eigenvalue weighted by Crippen LogP contribution is -2.05. The third-order valence-corrected chi connectivity index (χ3v) is 1.20. The van der Waals surface area contributed by atoms with E-state index in [-0.39, 0.29) is 0 Å². The van der Waals surface area contributed by atoms with Crippen molar-refractivity contribution in [2.75, 3.05) is 0 Å². The molecule has 0 amide bonds. The van der Waals surface area contributed by atoms with Gasteiger partial charge >= 0.3 is 5.97 Å². The topological polar surface area (TPSA) is 63.2 Å². The average Bonchev–Trinajstić information content (AvgIpc) is 2.51. The van der Waals surface area contributed by atoms with Crippen molar-refractivity contribution in [3.8, 4) is 6.07 Å². The van der Waals surface area contributed by atoms with Gasteiger partial charge in [-0.25, -0.2) is 0 Å². The van der Waals surface area contributed by atoms with Gasteiger partial charge in [0, 0.05) is 6.92 Å². The quantitative estimate of drug-likeness (QED) is 0.621. The Labute approximate surface area is 69.4 Å². The van der Waals surface area contributed by atoms with Gasteiger partial charge in [0.25, 0.3) is 0 Å². The van der Waals surface area contributed by atoms with Gasteiger partial charge in [-0.2, -0.15) is 5.26 Å². The summed E-state index contributed by atoms with van der Waals surface area (Å²) in [6, 6.07) is 5.01. The predicted octanol–water partition coefficient (Wildman–Crippen LogP) is 1.41. The highest BCUT2D eigenvalue weighted by atomic mass is 16.5. The summed E-state index contributed by atoms with van der Waals surface area (Å²) in [6.07, 6.45) is 0.487. The van der Waals surface area contributed by atoms with Crippen LogP contribution in [-0.4, -0.2) is 5.97 Å². The van der Waals surface area contributed by atoms with E-state index in [0.29, 0.717) is 5.76 Å². The number of nitrogens with zero attached hydrogens (tertiary/aromatic N) is 1. The molecule has 1 aromatic heterocycles. The van der Waals surface area contributed by atoms with Crippen LogP contribution in [0.1, 0.15) is 18.8 Å². The van der Waals surface area contributed by atoms with Crippen LogP contribution in [0, 0.1) is 11.3 Å². The lowest BCUT2D eigenvalue weighted by molar-refractivity contribution is -0.144. The number of carbonyl (C=O) groups is 1. The van der Waals surface area contributed by atoms with E-state index in [1.165, 1.54) is 13.2 Å². The maximum atomic E-state index is 10.5. The Bertz CT molecular complexity index is 297. The van der Waals surface area contributed by atoms with Gasteiger partial charge in [-0.15, -0.1) is 0 Å². The number of rotatable bonds is 2. The third-order valence-electron chi connectivity index (χ3n) is 1.20. The molecule has 0 radical (unpaired) electrons. The normalized spacial score (nSPS) is 11.7. The molecule has 0 saturated heterocycles. The van der Waals surface area contributed by atoms with Crippen molar-refractivity contribution in [3.05, 3.63) is 24.2 Å². The van der Waals surface area contributed by atoms with E-state index in [2.05, 4.69) is 4.74 Å². The van der Waals surface area contributed by atoms with Crippen LogP contribution in [-0.2, 0) is 9.53 Å². The highest BCUT2D eigenvalue weighted by Crippen LogP contribution is 2.16. The van der Waals surface area contributed by atoms with Gasteiger partial charge in [0.1, 0.15) is 6.07 Å². The highest BCUT2D eigenvalue weighted by molar-refractivity contribution is 5.66. The molecule has 1 unspecified atom stereocenters. The predicted molar refractivity (Wildman–Crippen MR) is 38.8 cm³/mol. The van der Waals surface area contributed by atoms with E-state index in [0.717, 1.165) is 0 Å². The number of ether oxygens (including phenoxy) is 1. The lowest BCUT2D eigenvalue weighted by atomic mass is 10.3. The second-order valence-electron chi connectivity index (χ2n) is 2.13. The van der Waals surface area contributed by atoms with Crippen molar-refractivity contribution in [3.63, 3.8) is 0 Å². The molecule has 12 heavy (non-hydrogen) atoms. The van der Waals surface area contributed by atoms with Gasteiger partial charge in [0.15, 0.2) is 5.76 Å². The van der Waals surface area contributed by atoms with Crippen molar-refractivity contribution < 1.29 is 13.9 Å². The molecule has 0 spiro atoms. The molecule has 0 bridgehead atoms. The lowest BCUT2D eigenvalue weighted by Gasteiger charge is -2.04. The fraction of sp³-hybridized carbons (Fsp3) is 0.250. The zero-order valence-corrected chi connectivity index (χ0v) is 6.48. The van der Waals surface area contributed by atoms with E-state index < -0.39 is 12.1 Å². The minimum Gasteiger partial charge on any atom is -0.464 e. The summed E-state index contributed by atoms with van der Waals surface area (Å²) in [4.78, 5) is 10.5. The standard InChI is InChI=1S/C8H7NO3/c1-6(10)12-8(5-9)7-3-2-4-11-7/h2-4,8H,1H3. The average molecular weight is 165 g/mol. The number of carbonyl (C=O) groups excluding carboxylic acids is 1. The first-order valence-electron chi connectivity index (χ1n) is 3.34. The zero-order chi connectivity index (χ0) is 8.97. The van der Waals surface area contributed by atoms with Crippen molar-refractivity contribution in [1.82, 2.24) is 0 Å². The Morgan fingerprint density at radius 1 is 1.83 bits per heavy atom. The number of furan rings is 1. The van der Waals surface area contributed by atoms with E-state index in [4.69, 9.17) is 9.68 Å². The number of nitriles is 1. The van der Waals surface area contributed by atoms with Crippen molar-refractivity contribution in [2.45, 2.75) is 13.0 Å². The molecular weight excluding hydrogens is 158 g/mol. The second-order valence-corrected chi connectivity index (χ2v) is 2.13. The van der Waals surface area contributed by atoms with Crippen LogP contribution in [0.4, 0.5) is 0 Å². The smallest absolute Gasteiger partial charge is 0.304 e. The van der Waals surface area contributed by atoms with Crippen LogP contribution < -0.4 is 0 Å². The molecule has 0 N–H and O–H groups in total. The second kappa shape index (κ2) is 3.58. The molecule has 0 saturated carbocycles. The van der Waals surface area contributed by atoms with E-state index in [1.807, 2.05) is 0 Å². The Hall–Kier alpha value is -1.76. The summed E-state index contributed by atoms with van der Waals surface area (Å²) in [7, 11) is 0. The summed E-state index contributed by atoms with van der Waals surface area (Å²) in [5.74, 6) is -0.161. The molecule has 0 aliphatic heterocycles. The van der Waals surface area contributed by atoms with Gasteiger partial charge in [-0.1, -0.05) is 0 Å². The van der Waals surface area contributed by atoms with E-state index >= 15 is 0 Å². The van der Waals surface area contributed by atoms with E-state index in [9.17, 15) is 4.79 Å². The molecule has 0 fully saturated rings. The Balaban J connectivity index is 2.72. The van der Waals surface area contributed by atoms with Crippen LogP contribution in [0.2, 0.25) is 0 Å². The van der Waals surface area contributed by atoms with Gasteiger partial charge in [0.2, 0.25) is 6.10 Å². The largest absolute Gasteiger partial charge is 0.464 e. The van der Waals surface area contributed by atoms with Crippen LogP contribution >= 0.6 is 0 Å². The molecule has 62 valence electrons. The Morgan fingerprint density at radius 3 is 3.00 bits per heavy atom. The molecule has 0 aliphatic carbocycles. The molecule has 0 aromatic carbocycles. The van der Waals surface area contributed by atoms with Gasteiger partial charge < -0.3 is 9.15 Å². The SMILES string of the molecule is CC(=O)OC(C#N)c1ccco1. The van der Waals surface area contributed by atoms with E-state index in [1.54, 1.807) is 18.2 Å². The van der Waals surface area contributed by atoms with Gasteiger partial charge in [-0.05, 0) is 12.1 Å². The maximum Gasteiger partial charge on any atom is 0.304 e. The molecule has 1 heterocycles. The summed E-state index contributed by atoms with van der Waals surface area (Å²) >= 11 is 0. The van der Waals surface area contributed by atoms with Gasteiger partial charge in [0.05, 0.1) is 6.26 Å². The minimum atomic E-state index is -0.933. The van der Waals surface area contributed by atoms with Crippen LogP contribution in [0.3, 0.4) is 0 Å². The van der Waals surface area contributed by atoms with Gasteiger partial charge in [-0.3, -0.25) is 4.79 Å². The Morgan fingerprint density at radius 2 is 2.58 bits per heavy atom. The molecule has 1 atom stereocenters. The minimum absolute atomic E-state index is 0.340. The first kappa shape index (κ1) is 8.34. The van der Waals surface area contributed by atoms with Crippen LogP contribution in [0.15, 0.2) is 22.8 Å². The first-order valence-corrected chi connectivity index (χ1v) is 3.34. The zero-order valence-electron chi connectivity index (χ0n) is 6.48. The fourth-order valence-corrected chi connectivity index (χ4v) is 0.754. The molecular formula is C8H7NO3. The number of esters is 1. The summed E-state index contributed by atoms with van der Waals surface area (Å²) in [5, 5.41) is 8.56. The fourth-order valence-electron chi connectivity index (χ4n) is 0.754. The molecule has 1 rings (SSSR count). The monoisotopic (exact) mass is 165 g/mol. The van der Waals surface area contributed by atoms with Crippen LogP contribution in [0.5, 0.6) is 0 Å². The van der Waals surface area contributed by atoms with Crippen molar-refractivity contribution >= 4 is 5.97 Å². The number of hydrogen-bond donors (Lipinski definition) is 0.